The number of nitrogens with zero attached hydrogens (tertiary/aromatic N) is 3. The normalized spacial score (nSPS) is 12.9. The van der Waals surface area contributed by atoms with Crippen LogP contribution in [0.15, 0.2) is 14.4 Å². The molecule has 0 unspecified atom stereocenters. The maximum Gasteiger partial charge on any atom is 0.336 e. The number of hydrogen-bond donors (Lipinski definition) is 3. The highest BCUT2D eigenvalue weighted by Gasteiger charge is 2.17. The van der Waals surface area contributed by atoms with E-state index in [9.17, 15) is 39.6 Å². The van der Waals surface area contributed by atoms with Gasteiger partial charge < -0.3 is 0 Å². The zero-order valence-corrected chi connectivity index (χ0v) is 17.9. The smallest absolute Gasteiger partial charge is 0.286 e. The molecule has 3 N–H and O–H groups in total. The summed E-state index contributed by atoms with van der Waals surface area (Å²) in [5.41, 5.74) is -3.54. The summed E-state index contributed by atoms with van der Waals surface area (Å²) >= 11 is 0. The predicted octanol–water partition coefficient (Wildman–Crippen LogP) is -2.99. The predicted molar refractivity (Wildman–Crippen MR) is 102 cm³/mol. The van der Waals surface area contributed by atoms with Crippen molar-refractivity contribution in [3.63, 3.8) is 0 Å². The fourth-order valence-corrected chi connectivity index (χ4v) is 3.95. The highest BCUT2D eigenvalue weighted by Crippen LogP contribution is 1.94. The second kappa shape index (κ2) is 9.96. The molecule has 174 valence electrons. The fraction of sp³-hybridized carbons (Fsp3) is 0.750. The highest BCUT2D eigenvalue weighted by atomic mass is 32.2. The molecule has 1 aromatic heterocycles. The molecule has 0 bridgehead atoms. The maximum absolute atomic E-state index is 12.5. The Kier molecular flexibility index (Phi) is 8.69. The van der Waals surface area contributed by atoms with Crippen LogP contribution in [0.3, 0.4) is 0 Å². The van der Waals surface area contributed by atoms with Gasteiger partial charge in [0.25, 0.3) is 30.4 Å². The van der Waals surface area contributed by atoms with Gasteiger partial charge in [-0.3, -0.25) is 13.7 Å². The molecule has 0 radical (unpaired) electrons. The molecule has 1 heterocycles. The van der Waals surface area contributed by atoms with Crippen molar-refractivity contribution >= 4 is 30.4 Å². The van der Waals surface area contributed by atoms with Crippen LogP contribution in [0.5, 0.6) is 0 Å². The molecule has 30 heavy (non-hydrogen) atoms. The second-order valence-electron chi connectivity index (χ2n) is 6.22. The molecule has 0 saturated carbocycles. The molecule has 0 aliphatic rings. The average Bonchev–Trinajstić information content (AvgIpc) is 2.54. The van der Waals surface area contributed by atoms with E-state index in [-0.39, 0.29) is 19.3 Å². The molecule has 0 aliphatic heterocycles. The molecule has 0 amide bonds. The van der Waals surface area contributed by atoms with Gasteiger partial charge in [-0.15, -0.1) is 0 Å². The minimum absolute atomic E-state index is 0.373. The number of hydrogen-bond acceptors (Lipinski definition) is 9. The summed E-state index contributed by atoms with van der Waals surface area (Å²) in [4.78, 5) is 37.4. The summed E-state index contributed by atoms with van der Waals surface area (Å²) in [6, 6.07) is 0. The van der Waals surface area contributed by atoms with E-state index >= 15 is 0 Å². The van der Waals surface area contributed by atoms with Gasteiger partial charge >= 0.3 is 17.1 Å². The van der Waals surface area contributed by atoms with E-state index in [1.807, 2.05) is 0 Å². The Morgan fingerprint density at radius 2 is 0.700 bits per heavy atom. The van der Waals surface area contributed by atoms with Crippen LogP contribution in [0, 0.1) is 0 Å². The standard InChI is InChI=1S/C12H21N3O12S3/c16-10-13(4-1-7-28(19,20)21)11(17)15(6-3-9-30(25,26)27)12(18)14(10)5-2-8-29(22,23)24/h1-9H2,(H,19,20,21)(H,22,23,24)(H,25,26,27). The van der Waals surface area contributed by atoms with Gasteiger partial charge in [0.1, 0.15) is 0 Å². The van der Waals surface area contributed by atoms with Gasteiger partial charge in [0.15, 0.2) is 0 Å². The minimum Gasteiger partial charge on any atom is -0.286 e. The summed E-state index contributed by atoms with van der Waals surface area (Å²) in [5, 5.41) is 0. The molecule has 1 aromatic rings. The van der Waals surface area contributed by atoms with Crippen molar-refractivity contribution < 1.29 is 38.9 Å². The lowest BCUT2D eigenvalue weighted by atomic mass is 10.4. The van der Waals surface area contributed by atoms with E-state index < -0.39 is 84.3 Å². The minimum atomic E-state index is -4.39. The van der Waals surface area contributed by atoms with Crippen molar-refractivity contribution in [3.8, 4) is 0 Å². The third kappa shape index (κ3) is 8.88. The Morgan fingerprint density at radius 3 is 0.867 bits per heavy atom. The SMILES string of the molecule is O=c1n(CCCS(=O)(=O)O)c(=O)n(CCCS(=O)(=O)O)c(=O)n1CCCS(=O)(=O)O. The first-order valence-electron chi connectivity index (χ1n) is 8.32. The first-order valence-corrected chi connectivity index (χ1v) is 13.1. The Bertz CT molecular complexity index is 1060. The lowest BCUT2D eigenvalue weighted by Gasteiger charge is -2.13. The molecule has 0 aliphatic carbocycles. The molecule has 0 saturated heterocycles. The zero-order valence-electron chi connectivity index (χ0n) is 15.4. The van der Waals surface area contributed by atoms with Crippen molar-refractivity contribution in [1.82, 2.24) is 13.7 Å². The van der Waals surface area contributed by atoms with Crippen LogP contribution in [0.2, 0.25) is 0 Å². The van der Waals surface area contributed by atoms with Crippen molar-refractivity contribution in [1.29, 1.82) is 0 Å². The second-order valence-corrected chi connectivity index (χ2v) is 10.9. The van der Waals surface area contributed by atoms with Gasteiger partial charge in [0.2, 0.25) is 0 Å². The van der Waals surface area contributed by atoms with E-state index in [1.54, 1.807) is 0 Å². The van der Waals surface area contributed by atoms with Gasteiger partial charge in [0, 0.05) is 19.6 Å². The van der Waals surface area contributed by atoms with Crippen LogP contribution in [0.1, 0.15) is 19.3 Å². The summed E-state index contributed by atoms with van der Waals surface area (Å²) in [7, 11) is -13.2. The van der Waals surface area contributed by atoms with Gasteiger partial charge in [0.05, 0.1) is 17.3 Å². The third-order valence-electron chi connectivity index (χ3n) is 3.74. The molecule has 0 aromatic carbocycles. The molecule has 1 rings (SSSR count). The highest BCUT2D eigenvalue weighted by molar-refractivity contribution is 7.86. The lowest BCUT2D eigenvalue weighted by Crippen LogP contribution is -2.54. The monoisotopic (exact) mass is 495 g/mol. The van der Waals surface area contributed by atoms with E-state index in [4.69, 9.17) is 13.7 Å². The topological polar surface area (TPSA) is 229 Å². The summed E-state index contributed by atoms with van der Waals surface area (Å²) in [5.74, 6) is -2.36. The van der Waals surface area contributed by atoms with Crippen molar-refractivity contribution in [3.05, 3.63) is 31.5 Å². The Labute approximate surface area is 170 Å². The Morgan fingerprint density at radius 1 is 0.500 bits per heavy atom. The van der Waals surface area contributed by atoms with Gasteiger partial charge in [-0.25, -0.2) is 28.1 Å². The largest absolute Gasteiger partial charge is 0.336 e. The summed E-state index contributed by atoms with van der Waals surface area (Å²) in [6.07, 6.45) is -1.12. The first-order chi connectivity index (χ1) is 13.5. The fourth-order valence-electron chi connectivity index (χ4n) is 2.47. The molecule has 0 fully saturated rings. The van der Waals surface area contributed by atoms with Crippen molar-refractivity contribution in [2.24, 2.45) is 0 Å². The molecule has 15 nitrogen and oxygen atoms in total. The van der Waals surface area contributed by atoms with Gasteiger partial charge in [-0.1, -0.05) is 0 Å². The van der Waals surface area contributed by atoms with Crippen molar-refractivity contribution in [2.75, 3.05) is 17.3 Å². The van der Waals surface area contributed by atoms with Crippen LogP contribution >= 0.6 is 0 Å². The Hall–Kier alpha value is -1.86. The molecule has 0 atom stereocenters. The van der Waals surface area contributed by atoms with E-state index in [0.29, 0.717) is 13.7 Å². The third-order valence-corrected chi connectivity index (χ3v) is 6.15. The van der Waals surface area contributed by atoms with E-state index in [0.717, 1.165) is 0 Å². The molecule has 18 heteroatoms. The summed E-state index contributed by atoms with van der Waals surface area (Å²) < 4.78 is 92.6. The number of rotatable bonds is 12. The quantitative estimate of drug-likeness (QED) is 0.246. The van der Waals surface area contributed by atoms with E-state index in [2.05, 4.69) is 0 Å². The first kappa shape index (κ1) is 26.2. The molecular formula is C12H21N3O12S3. The van der Waals surface area contributed by atoms with Crippen LogP contribution < -0.4 is 17.1 Å². The van der Waals surface area contributed by atoms with Crippen LogP contribution in [0.25, 0.3) is 0 Å². The lowest BCUT2D eigenvalue weighted by molar-refractivity contribution is 0.428. The Balaban J connectivity index is 3.34. The van der Waals surface area contributed by atoms with E-state index in [1.165, 1.54) is 0 Å². The summed E-state index contributed by atoms with van der Waals surface area (Å²) in [6.45, 7) is -1.56. The zero-order chi connectivity index (χ0) is 23.3. The average molecular weight is 496 g/mol. The number of aromatic nitrogens is 3. The van der Waals surface area contributed by atoms with Crippen LogP contribution in [-0.2, 0) is 50.0 Å². The van der Waals surface area contributed by atoms with Gasteiger partial charge in [-0.2, -0.15) is 25.3 Å². The van der Waals surface area contributed by atoms with Crippen LogP contribution in [-0.4, -0.2) is 69.9 Å². The molecule has 0 spiro atoms. The van der Waals surface area contributed by atoms with Crippen LogP contribution in [0.4, 0.5) is 0 Å². The molecular weight excluding hydrogens is 474 g/mol. The maximum atomic E-state index is 12.5. The van der Waals surface area contributed by atoms with Gasteiger partial charge in [-0.05, 0) is 19.3 Å². The van der Waals surface area contributed by atoms with Crippen molar-refractivity contribution in [2.45, 2.75) is 38.9 Å².